The lowest BCUT2D eigenvalue weighted by Gasteiger charge is -2.46. The van der Waals surface area contributed by atoms with Crippen molar-refractivity contribution in [3.63, 3.8) is 0 Å². The van der Waals surface area contributed by atoms with Gasteiger partial charge in [-0.05, 0) is 23.1 Å². The first-order valence-corrected chi connectivity index (χ1v) is 10.6. The molecule has 2 aliphatic rings. The van der Waals surface area contributed by atoms with E-state index in [2.05, 4.69) is 49.6 Å². The first-order chi connectivity index (χ1) is 14.7. The summed E-state index contributed by atoms with van der Waals surface area (Å²) in [5, 5.41) is 16.1. The van der Waals surface area contributed by atoms with Gasteiger partial charge in [0.15, 0.2) is 0 Å². The second-order valence-corrected chi connectivity index (χ2v) is 9.21. The predicted octanol–water partition coefficient (Wildman–Crippen LogP) is 5.05. The maximum absolute atomic E-state index is 10.1. The van der Waals surface area contributed by atoms with Crippen molar-refractivity contribution in [1.29, 1.82) is 0 Å². The van der Waals surface area contributed by atoms with E-state index in [4.69, 9.17) is 14.6 Å². The number of ether oxygens (including phenoxy) is 2. The minimum Gasteiger partial charge on any atom is -0.508 e. The van der Waals surface area contributed by atoms with E-state index in [0.29, 0.717) is 18.8 Å². The van der Waals surface area contributed by atoms with Gasteiger partial charge in [-0.2, -0.15) is 5.10 Å². The predicted molar refractivity (Wildman–Crippen MR) is 124 cm³/mol. The number of nitrogens with zero attached hydrogens (tertiary/aromatic N) is 3. The van der Waals surface area contributed by atoms with Crippen molar-refractivity contribution in [2.24, 2.45) is 5.41 Å². The van der Waals surface area contributed by atoms with Crippen LogP contribution in [0.4, 0.5) is 0 Å². The molecule has 0 fully saturated rings. The number of aromatic nitrogens is 2. The van der Waals surface area contributed by atoms with Gasteiger partial charge >= 0.3 is 0 Å². The summed E-state index contributed by atoms with van der Waals surface area (Å²) in [6.07, 6.45) is 4.82. The average Bonchev–Trinajstić information content (AvgIpc) is 3.09. The Morgan fingerprint density at radius 1 is 1.29 bits per heavy atom. The molecular formula is C25H31N3O3. The number of benzene rings is 1. The molecule has 1 aromatic heterocycles. The van der Waals surface area contributed by atoms with Crippen molar-refractivity contribution >= 4 is 16.6 Å². The van der Waals surface area contributed by atoms with E-state index in [1.807, 2.05) is 24.4 Å². The summed E-state index contributed by atoms with van der Waals surface area (Å²) in [7, 11) is 1.69. The number of hydrogen-bond acceptors (Lipinski definition) is 5. The third kappa shape index (κ3) is 3.76. The SMILES string of the molecule is C=C(O)C1=CN2C(=CC1=C)c1c3cccc(OCCCOC)c3nn1CC2C(C)(C)C. The van der Waals surface area contributed by atoms with Gasteiger partial charge in [0.2, 0.25) is 0 Å². The lowest BCUT2D eigenvalue weighted by molar-refractivity contribution is 0.156. The van der Waals surface area contributed by atoms with Crippen LogP contribution in [0.5, 0.6) is 5.75 Å². The van der Waals surface area contributed by atoms with Gasteiger partial charge in [-0.25, -0.2) is 0 Å². The van der Waals surface area contributed by atoms with Gasteiger partial charge < -0.3 is 19.5 Å². The van der Waals surface area contributed by atoms with E-state index in [1.165, 1.54) is 0 Å². The zero-order valence-corrected chi connectivity index (χ0v) is 18.8. The summed E-state index contributed by atoms with van der Waals surface area (Å²) >= 11 is 0. The second kappa shape index (κ2) is 7.93. The maximum atomic E-state index is 10.1. The molecule has 4 rings (SSSR count). The van der Waals surface area contributed by atoms with Crippen molar-refractivity contribution < 1.29 is 14.6 Å². The normalized spacial score (nSPS) is 18.4. The van der Waals surface area contributed by atoms with E-state index in [1.54, 1.807) is 7.11 Å². The quantitative estimate of drug-likeness (QED) is 0.523. The minimum absolute atomic E-state index is 0.0224. The summed E-state index contributed by atoms with van der Waals surface area (Å²) in [6, 6.07) is 6.20. The Morgan fingerprint density at radius 2 is 2.06 bits per heavy atom. The number of rotatable bonds is 6. The molecule has 6 heteroatoms. The van der Waals surface area contributed by atoms with E-state index < -0.39 is 0 Å². The molecule has 0 saturated heterocycles. The molecule has 0 bridgehead atoms. The summed E-state index contributed by atoms with van der Waals surface area (Å²) in [4.78, 5) is 2.24. The topological polar surface area (TPSA) is 59.8 Å². The van der Waals surface area contributed by atoms with E-state index in [-0.39, 0.29) is 17.2 Å². The second-order valence-electron chi connectivity index (χ2n) is 9.21. The molecule has 2 aromatic rings. The molecule has 1 aromatic carbocycles. The zero-order chi connectivity index (χ0) is 22.3. The molecule has 0 radical (unpaired) electrons. The molecule has 6 nitrogen and oxygen atoms in total. The van der Waals surface area contributed by atoms with Gasteiger partial charge in [0.25, 0.3) is 0 Å². The van der Waals surface area contributed by atoms with Crippen molar-refractivity contribution in [3.05, 3.63) is 66.2 Å². The highest BCUT2D eigenvalue weighted by Gasteiger charge is 2.40. The van der Waals surface area contributed by atoms with Crippen LogP contribution in [0.2, 0.25) is 0 Å². The fourth-order valence-electron chi connectivity index (χ4n) is 4.29. The summed E-state index contributed by atoms with van der Waals surface area (Å²) in [5.74, 6) is 0.813. The Balaban J connectivity index is 1.83. The number of methoxy groups -OCH3 is 1. The number of hydrogen-bond donors (Lipinski definition) is 1. The largest absolute Gasteiger partial charge is 0.508 e. The fourth-order valence-corrected chi connectivity index (χ4v) is 4.29. The standard InChI is InChI=1S/C25H31N3O3/c1-16-13-20-24-18-9-7-10-21(31-12-8-11-30-6)23(18)26-28(24)15-22(25(3,4)5)27(20)14-19(16)17(2)29/h7,9-10,13-14,22,29H,1-2,8,11-12,15H2,3-6H3. The van der Waals surface area contributed by atoms with E-state index >= 15 is 0 Å². The lowest BCUT2D eigenvalue weighted by atomic mass is 9.82. The molecule has 0 saturated carbocycles. The third-order valence-corrected chi connectivity index (χ3v) is 5.92. The zero-order valence-electron chi connectivity index (χ0n) is 18.8. The molecular weight excluding hydrogens is 390 g/mol. The van der Waals surface area contributed by atoms with Crippen LogP contribution in [0.25, 0.3) is 16.6 Å². The fraction of sp³-hybridized carbons (Fsp3) is 0.400. The van der Waals surface area contributed by atoms with Crippen molar-refractivity contribution in [2.45, 2.75) is 39.8 Å². The smallest absolute Gasteiger partial charge is 0.147 e. The third-order valence-electron chi connectivity index (χ3n) is 5.92. The Labute approximate surface area is 183 Å². The Kier molecular flexibility index (Phi) is 5.43. The van der Waals surface area contributed by atoms with Crippen molar-refractivity contribution in [2.75, 3.05) is 20.3 Å². The number of aliphatic hydroxyl groups is 1. The molecule has 31 heavy (non-hydrogen) atoms. The first-order valence-electron chi connectivity index (χ1n) is 10.6. The minimum atomic E-state index is -0.0224. The van der Waals surface area contributed by atoms with Crippen LogP contribution in [0.3, 0.4) is 0 Å². The number of fused-ring (bicyclic) bond motifs is 5. The first kappa shape index (κ1) is 21.2. The van der Waals surface area contributed by atoms with Gasteiger partial charge in [-0.1, -0.05) is 46.1 Å². The van der Waals surface area contributed by atoms with Crippen LogP contribution in [-0.4, -0.2) is 46.2 Å². The van der Waals surface area contributed by atoms with Gasteiger partial charge in [0.05, 0.1) is 30.6 Å². The van der Waals surface area contributed by atoms with Crippen LogP contribution in [-0.2, 0) is 11.3 Å². The highest BCUT2D eigenvalue weighted by Crippen LogP contribution is 2.44. The maximum Gasteiger partial charge on any atom is 0.147 e. The van der Waals surface area contributed by atoms with Crippen molar-refractivity contribution in [1.82, 2.24) is 14.7 Å². The summed E-state index contributed by atoms with van der Waals surface area (Å²) in [5.41, 5.74) is 4.31. The molecule has 0 amide bonds. The molecule has 164 valence electrons. The molecule has 0 spiro atoms. The summed E-state index contributed by atoms with van der Waals surface area (Å²) in [6.45, 7) is 16.5. The molecule has 3 heterocycles. The molecule has 2 aliphatic heterocycles. The van der Waals surface area contributed by atoms with Crippen LogP contribution in [0, 0.1) is 5.41 Å². The monoisotopic (exact) mass is 421 g/mol. The summed E-state index contributed by atoms with van der Waals surface area (Å²) < 4.78 is 13.2. The average molecular weight is 422 g/mol. The van der Waals surface area contributed by atoms with Gasteiger partial charge in [-0.3, -0.25) is 4.68 Å². The molecule has 1 N–H and O–H groups in total. The Morgan fingerprint density at radius 3 is 2.74 bits per heavy atom. The van der Waals surface area contributed by atoms with E-state index in [9.17, 15) is 5.11 Å². The van der Waals surface area contributed by atoms with Crippen molar-refractivity contribution in [3.8, 4) is 5.75 Å². The molecule has 1 unspecified atom stereocenters. The molecule has 1 atom stereocenters. The Bertz CT molecular complexity index is 1100. The van der Waals surface area contributed by atoms with Crippen LogP contribution in [0.1, 0.15) is 32.9 Å². The van der Waals surface area contributed by atoms with Gasteiger partial charge in [0.1, 0.15) is 17.0 Å². The highest BCUT2D eigenvalue weighted by atomic mass is 16.5. The van der Waals surface area contributed by atoms with Crippen LogP contribution >= 0.6 is 0 Å². The van der Waals surface area contributed by atoms with E-state index in [0.717, 1.165) is 46.6 Å². The Hall–Kier alpha value is -2.99. The number of allylic oxidation sites excluding steroid dienone is 2. The lowest BCUT2D eigenvalue weighted by Crippen LogP contribution is -2.47. The molecule has 0 aliphatic carbocycles. The van der Waals surface area contributed by atoms with Gasteiger partial charge in [-0.15, -0.1) is 0 Å². The highest BCUT2D eigenvalue weighted by molar-refractivity contribution is 5.95. The van der Waals surface area contributed by atoms with Gasteiger partial charge in [0, 0.05) is 37.3 Å². The van der Waals surface area contributed by atoms with Crippen LogP contribution in [0.15, 0.2) is 60.5 Å². The van der Waals surface area contributed by atoms with Crippen LogP contribution < -0.4 is 4.74 Å². The number of aliphatic hydroxyl groups excluding tert-OH is 1.